The topological polar surface area (TPSA) is 29.1 Å². The number of likely N-dealkylation sites (N-methyl/N-ethyl adjacent to an activating group) is 1. The summed E-state index contributed by atoms with van der Waals surface area (Å²) in [6.07, 6.45) is 0.536. The average molecular weight is 413 g/mol. The minimum absolute atomic E-state index is 0.0615. The van der Waals surface area contributed by atoms with Crippen LogP contribution in [-0.4, -0.2) is 20.6 Å². The fourth-order valence-electron chi connectivity index (χ4n) is 0.974. The highest BCUT2D eigenvalue weighted by Crippen LogP contribution is 2.39. The zero-order valence-corrected chi connectivity index (χ0v) is 12.2. The summed E-state index contributed by atoms with van der Waals surface area (Å²) in [5.74, 6) is -0.0820. The van der Waals surface area contributed by atoms with E-state index < -0.39 is 1.68 Å². The van der Waals surface area contributed by atoms with Crippen LogP contribution in [0.5, 0.6) is 0 Å². The fraction of sp³-hybridized carbons (Fsp3) is 0.875. The first-order chi connectivity index (χ1) is 5.79. The number of hydrogen-bond donors (Lipinski definition) is 1. The Balaban J connectivity index is 4.17. The monoisotopic (exact) mass is 413 g/mol. The van der Waals surface area contributed by atoms with Crippen LogP contribution in [0.4, 0.5) is 4.39 Å². The molecular weight excluding hydrogens is 399 g/mol. The van der Waals surface area contributed by atoms with Gasteiger partial charge in [-0.2, -0.15) is 0 Å². The van der Waals surface area contributed by atoms with Crippen molar-refractivity contribution in [1.29, 1.82) is 0 Å². The summed E-state index contributed by atoms with van der Waals surface area (Å²) in [6, 6.07) is -0.227. The molecule has 0 aromatic carbocycles. The summed E-state index contributed by atoms with van der Waals surface area (Å²) >= 11 is 3.51. The molecule has 2 nitrogen and oxygen atoms in total. The number of halogens is 3. The van der Waals surface area contributed by atoms with E-state index in [9.17, 15) is 9.18 Å². The predicted octanol–water partition coefficient (Wildman–Crippen LogP) is 2.68. The molecule has 0 aromatic rings. The Morgan fingerprint density at radius 3 is 2.31 bits per heavy atom. The van der Waals surface area contributed by atoms with E-state index in [1.165, 1.54) is 6.92 Å². The third-order valence-corrected chi connectivity index (χ3v) is 4.11. The van der Waals surface area contributed by atoms with Crippen LogP contribution in [0.1, 0.15) is 20.3 Å². The van der Waals surface area contributed by atoms with Crippen LogP contribution in [0.15, 0.2) is 0 Å². The normalized spacial score (nSPS) is 16.8. The van der Waals surface area contributed by atoms with Gasteiger partial charge in [-0.05, 0) is 65.6 Å². The molecule has 0 aliphatic carbocycles. The van der Waals surface area contributed by atoms with E-state index in [0.717, 1.165) is 0 Å². The number of nitrogens with one attached hydrogen (secondary N) is 1. The summed E-state index contributed by atoms with van der Waals surface area (Å²) in [6.45, 7) is 3.33. The molecule has 78 valence electrons. The van der Waals surface area contributed by atoms with Crippen LogP contribution < -0.4 is 5.32 Å². The minimum atomic E-state index is -1.28. The molecule has 2 unspecified atom stereocenters. The standard InChI is InChI=1S/C8H14FI2NO/c1-5(8(9,10)11)4-7(12-3)6(2)13/h5,7,12H,4H2,1-3H3. The van der Waals surface area contributed by atoms with Crippen LogP contribution in [-0.2, 0) is 4.79 Å². The second-order valence-electron chi connectivity index (χ2n) is 3.13. The highest BCUT2D eigenvalue weighted by molar-refractivity contribution is 14.2. The molecule has 1 N–H and O–H groups in total. The van der Waals surface area contributed by atoms with Gasteiger partial charge < -0.3 is 5.32 Å². The van der Waals surface area contributed by atoms with E-state index >= 15 is 0 Å². The Kier molecular flexibility index (Phi) is 6.25. The number of carbonyl (C=O) groups excluding carboxylic acids is 1. The van der Waals surface area contributed by atoms with E-state index in [4.69, 9.17) is 0 Å². The first kappa shape index (κ1) is 14.0. The fourth-order valence-corrected chi connectivity index (χ4v) is 1.48. The van der Waals surface area contributed by atoms with Crippen molar-refractivity contribution in [3.8, 4) is 0 Å². The van der Waals surface area contributed by atoms with Crippen LogP contribution >= 0.6 is 45.2 Å². The van der Waals surface area contributed by atoms with Crippen LogP contribution in [0, 0.1) is 5.92 Å². The molecule has 5 heteroatoms. The maximum absolute atomic E-state index is 13.4. The van der Waals surface area contributed by atoms with E-state index in [-0.39, 0.29) is 17.7 Å². The first-order valence-corrected chi connectivity index (χ1v) is 6.19. The number of hydrogen-bond acceptors (Lipinski definition) is 2. The molecule has 0 heterocycles. The van der Waals surface area contributed by atoms with Crippen molar-refractivity contribution < 1.29 is 9.18 Å². The zero-order valence-electron chi connectivity index (χ0n) is 7.90. The Bertz CT molecular complexity index is 181. The van der Waals surface area contributed by atoms with Gasteiger partial charge >= 0.3 is 0 Å². The molecule has 0 aliphatic rings. The average Bonchev–Trinajstić information content (AvgIpc) is 1.96. The zero-order chi connectivity index (χ0) is 10.6. The number of Topliss-reactive ketones (excluding diaryl/α,β-unsaturated/α-hetero) is 1. The van der Waals surface area contributed by atoms with Crippen LogP contribution in [0.25, 0.3) is 0 Å². The molecule has 0 aromatic heterocycles. The highest BCUT2D eigenvalue weighted by atomic mass is 127. The van der Waals surface area contributed by atoms with Crippen molar-refractivity contribution in [3.63, 3.8) is 0 Å². The summed E-state index contributed by atoms with van der Waals surface area (Å²) < 4.78 is 12.1. The summed E-state index contributed by atoms with van der Waals surface area (Å²) in [5.41, 5.74) is 0. The molecule has 0 spiro atoms. The van der Waals surface area contributed by atoms with Gasteiger partial charge in [-0.25, -0.2) is 4.39 Å². The Hall–Kier alpha value is 1.02. The number of rotatable bonds is 5. The van der Waals surface area contributed by atoms with Crippen LogP contribution in [0.2, 0.25) is 0 Å². The summed E-state index contributed by atoms with van der Waals surface area (Å²) in [4.78, 5) is 11.0. The van der Waals surface area contributed by atoms with Gasteiger partial charge in [0.15, 0.2) is 0 Å². The molecule has 0 radical (unpaired) electrons. The van der Waals surface area contributed by atoms with E-state index in [1.807, 2.05) is 6.92 Å². The van der Waals surface area contributed by atoms with Crippen LogP contribution in [0.3, 0.4) is 0 Å². The molecule has 0 aliphatic heterocycles. The van der Waals surface area contributed by atoms with E-state index in [2.05, 4.69) is 5.32 Å². The van der Waals surface area contributed by atoms with Crippen molar-refractivity contribution in [2.45, 2.75) is 28.0 Å². The van der Waals surface area contributed by atoms with Gasteiger partial charge in [0.1, 0.15) is 5.78 Å². The first-order valence-electron chi connectivity index (χ1n) is 4.03. The molecule has 13 heavy (non-hydrogen) atoms. The van der Waals surface area contributed by atoms with E-state index in [1.54, 1.807) is 52.2 Å². The van der Waals surface area contributed by atoms with Gasteiger partial charge in [0.05, 0.1) is 6.04 Å². The molecular formula is C8H14FI2NO. The van der Waals surface area contributed by atoms with Crippen molar-refractivity contribution in [1.82, 2.24) is 5.32 Å². The molecule has 0 fully saturated rings. The Labute approximate surface area is 106 Å². The molecule has 0 saturated carbocycles. The lowest BCUT2D eigenvalue weighted by Gasteiger charge is -2.23. The maximum Gasteiger partial charge on any atom is 0.213 e. The van der Waals surface area contributed by atoms with Gasteiger partial charge in [-0.15, -0.1) is 0 Å². The van der Waals surface area contributed by atoms with Crippen molar-refractivity contribution in [2.24, 2.45) is 5.92 Å². The molecule has 0 rings (SSSR count). The lowest BCUT2D eigenvalue weighted by molar-refractivity contribution is -0.119. The number of carbonyl (C=O) groups is 1. The van der Waals surface area contributed by atoms with Crippen molar-refractivity contribution in [2.75, 3.05) is 7.05 Å². The minimum Gasteiger partial charge on any atom is -0.311 e. The van der Waals surface area contributed by atoms with Gasteiger partial charge in [-0.3, -0.25) is 4.79 Å². The quantitative estimate of drug-likeness (QED) is 0.555. The SMILES string of the molecule is CNC(CC(C)C(F)(I)I)C(C)=O. The van der Waals surface area contributed by atoms with Crippen molar-refractivity contribution >= 4 is 51.0 Å². The second kappa shape index (κ2) is 5.79. The number of ketones is 1. The van der Waals surface area contributed by atoms with Gasteiger partial charge in [0.25, 0.3) is 0 Å². The number of alkyl halides is 3. The summed E-state index contributed by atoms with van der Waals surface area (Å²) in [7, 11) is 1.72. The molecule has 0 bridgehead atoms. The van der Waals surface area contributed by atoms with Gasteiger partial charge in [0.2, 0.25) is 1.68 Å². The Morgan fingerprint density at radius 2 is 2.08 bits per heavy atom. The maximum atomic E-state index is 13.4. The largest absolute Gasteiger partial charge is 0.311 e. The smallest absolute Gasteiger partial charge is 0.213 e. The van der Waals surface area contributed by atoms with Gasteiger partial charge in [-0.1, -0.05) is 6.92 Å². The van der Waals surface area contributed by atoms with E-state index in [0.29, 0.717) is 6.42 Å². The highest BCUT2D eigenvalue weighted by Gasteiger charge is 2.31. The molecule has 0 saturated heterocycles. The lowest BCUT2D eigenvalue weighted by Crippen LogP contribution is -2.36. The molecule has 2 atom stereocenters. The predicted molar refractivity (Wildman–Crippen MR) is 69.2 cm³/mol. The molecule has 0 amide bonds. The lowest BCUT2D eigenvalue weighted by atomic mass is 10.0. The third-order valence-electron chi connectivity index (χ3n) is 1.99. The third kappa shape index (κ3) is 5.46. The summed E-state index contributed by atoms with van der Waals surface area (Å²) in [5, 5.41) is 2.88. The second-order valence-corrected chi connectivity index (χ2v) is 8.33. The van der Waals surface area contributed by atoms with Crippen molar-refractivity contribution in [3.05, 3.63) is 0 Å². The Morgan fingerprint density at radius 1 is 1.62 bits per heavy atom. The van der Waals surface area contributed by atoms with Gasteiger partial charge in [0, 0.05) is 5.92 Å².